The molecule has 1 saturated carbocycles. The molecule has 0 bridgehead atoms. The molecule has 20 heavy (non-hydrogen) atoms. The summed E-state index contributed by atoms with van der Waals surface area (Å²) < 4.78 is 5.45. The van der Waals surface area contributed by atoms with Gasteiger partial charge in [-0.05, 0) is 18.4 Å². The SMILES string of the molecule is O=C(Cc1ccccc1)C1(N2CCOCC2)CCCC1. The fourth-order valence-electron chi connectivity index (χ4n) is 3.67. The van der Waals surface area contributed by atoms with E-state index in [0.29, 0.717) is 12.2 Å². The molecule has 3 rings (SSSR count). The Bertz CT molecular complexity index is 445. The van der Waals surface area contributed by atoms with Crippen molar-refractivity contribution in [2.45, 2.75) is 37.6 Å². The highest BCUT2D eigenvalue weighted by Gasteiger charge is 2.45. The van der Waals surface area contributed by atoms with Crippen molar-refractivity contribution in [2.24, 2.45) is 0 Å². The molecule has 2 fully saturated rings. The fourth-order valence-corrected chi connectivity index (χ4v) is 3.67. The van der Waals surface area contributed by atoms with Crippen LogP contribution in [0.2, 0.25) is 0 Å². The lowest BCUT2D eigenvalue weighted by Crippen LogP contribution is -2.57. The van der Waals surface area contributed by atoms with Crippen molar-refractivity contribution >= 4 is 5.78 Å². The first kappa shape index (κ1) is 13.8. The van der Waals surface area contributed by atoms with Crippen LogP contribution in [0.3, 0.4) is 0 Å². The zero-order chi connectivity index (χ0) is 13.8. The minimum Gasteiger partial charge on any atom is -0.379 e. The summed E-state index contributed by atoms with van der Waals surface area (Å²) in [7, 11) is 0. The Balaban J connectivity index is 1.77. The van der Waals surface area contributed by atoms with Crippen LogP contribution in [0.25, 0.3) is 0 Å². The molecule has 3 heteroatoms. The van der Waals surface area contributed by atoms with E-state index in [1.54, 1.807) is 0 Å². The molecule has 108 valence electrons. The zero-order valence-corrected chi connectivity index (χ0v) is 12.0. The van der Waals surface area contributed by atoms with Gasteiger partial charge in [0.15, 0.2) is 5.78 Å². The van der Waals surface area contributed by atoms with Gasteiger partial charge in [-0.15, -0.1) is 0 Å². The number of carbonyl (C=O) groups excluding carboxylic acids is 1. The summed E-state index contributed by atoms with van der Waals surface area (Å²) in [6, 6.07) is 10.1. The molecule has 1 aliphatic heterocycles. The highest BCUT2D eigenvalue weighted by atomic mass is 16.5. The van der Waals surface area contributed by atoms with Crippen LogP contribution in [0.15, 0.2) is 30.3 Å². The van der Waals surface area contributed by atoms with Gasteiger partial charge in [-0.1, -0.05) is 43.2 Å². The normalized spacial score (nSPS) is 22.8. The number of hydrogen-bond donors (Lipinski definition) is 0. The molecule has 0 N–H and O–H groups in total. The van der Waals surface area contributed by atoms with Crippen LogP contribution in [0.1, 0.15) is 31.2 Å². The monoisotopic (exact) mass is 273 g/mol. The molecule has 3 nitrogen and oxygen atoms in total. The van der Waals surface area contributed by atoms with Crippen LogP contribution in [0.5, 0.6) is 0 Å². The second kappa shape index (κ2) is 6.06. The van der Waals surface area contributed by atoms with Crippen molar-refractivity contribution in [1.82, 2.24) is 4.90 Å². The molecule has 1 heterocycles. The topological polar surface area (TPSA) is 29.5 Å². The van der Waals surface area contributed by atoms with Crippen molar-refractivity contribution in [2.75, 3.05) is 26.3 Å². The summed E-state index contributed by atoms with van der Waals surface area (Å²) >= 11 is 0. The van der Waals surface area contributed by atoms with Gasteiger partial charge >= 0.3 is 0 Å². The average molecular weight is 273 g/mol. The molecule has 1 aromatic rings. The van der Waals surface area contributed by atoms with E-state index in [-0.39, 0.29) is 5.54 Å². The number of morpholine rings is 1. The number of nitrogens with zero attached hydrogens (tertiary/aromatic N) is 1. The lowest BCUT2D eigenvalue weighted by atomic mass is 9.86. The maximum Gasteiger partial charge on any atom is 0.157 e. The molecule has 0 aromatic heterocycles. The molecular formula is C17H23NO2. The molecule has 1 saturated heterocycles. The van der Waals surface area contributed by atoms with Crippen molar-refractivity contribution in [3.63, 3.8) is 0 Å². The Morgan fingerprint density at radius 2 is 1.75 bits per heavy atom. The van der Waals surface area contributed by atoms with Crippen LogP contribution in [-0.2, 0) is 16.0 Å². The number of hydrogen-bond acceptors (Lipinski definition) is 3. The number of ether oxygens (including phenoxy) is 1. The minimum absolute atomic E-state index is 0.209. The largest absolute Gasteiger partial charge is 0.379 e. The van der Waals surface area contributed by atoms with Crippen molar-refractivity contribution in [1.29, 1.82) is 0 Å². The van der Waals surface area contributed by atoms with E-state index in [2.05, 4.69) is 17.0 Å². The smallest absolute Gasteiger partial charge is 0.157 e. The van der Waals surface area contributed by atoms with Gasteiger partial charge in [0, 0.05) is 19.5 Å². The first-order chi connectivity index (χ1) is 9.81. The molecule has 0 radical (unpaired) electrons. The quantitative estimate of drug-likeness (QED) is 0.844. The highest BCUT2D eigenvalue weighted by Crippen LogP contribution is 2.37. The molecule has 1 aliphatic carbocycles. The van der Waals surface area contributed by atoms with E-state index in [1.807, 2.05) is 18.2 Å². The maximum atomic E-state index is 13.0. The Morgan fingerprint density at radius 1 is 1.10 bits per heavy atom. The third kappa shape index (κ3) is 2.65. The number of ketones is 1. The van der Waals surface area contributed by atoms with E-state index < -0.39 is 0 Å². The predicted molar refractivity (Wildman–Crippen MR) is 78.7 cm³/mol. The van der Waals surface area contributed by atoms with Gasteiger partial charge in [-0.2, -0.15) is 0 Å². The fraction of sp³-hybridized carbons (Fsp3) is 0.588. The van der Waals surface area contributed by atoms with E-state index in [9.17, 15) is 4.79 Å². The summed E-state index contributed by atoms with van der Waals surface area (Å²) in [4.78, 5) is 15.4. The number of rotatable bonds is 4. The summed E-state index contributed by atoms with van der Waals surface area (Å²) in [5.41, 5.74) is 0.927. The van der Waals surface area contributed by atoms with Crippen LogP contribution >= 0.6 is 0 Å². The van der Waals surface area contributed by atoms with Crippen LogP contribution < -0.4 is 0 Å². The second-order valence-corrected chi connectivity index (χ2v) is 5.92. The Kier molecular flexibility index (Phi) is 4.18. The first-order valence-corrected chi connectivity index (χ1v) is 7.71. The Morgan fingerprint density at radius 3 is 2.40 bits per heavy atom. The van der Waals surface area contributed by atoms with E-state index in [0.717, 1.165) is 44.7 Å². The van der Waals surface area contributed by atoms with Gasteiger partial charge in [-0.3, -0.25) is 9.69 Å². The number of carbonyl (C=O) groups is 1. The first-order valence-electron chi connectivity index (χ1n) is 7.71. The summed E-state index contributed by atoms with van der Waals surface area (Å²) in [5.74, 6) is 0.406. The molecule has 0 unspecified atom stereocenters. The summed E-state index contributed by atoms with van der Waals surface area (Å²) in [5, 5.41) is 0. The van der Waals surface area contributed by atoms with E-state index >= 15 is 0 Å². The lowest BCUT2D eigenvalue weighted by Gasteiger charge is -2.42. The molecule has 2 aliphatic rings. The third-order valence-corrected chi connectivity index (χ3v) is 4.77. The standard InChI is InChI=1S/C17H23NO2/c19-16(14-15-6-2-1-3-7-15)17(8-4-5-9-17)18-10-12-20-13-11-18/h1-3,6-7H,4-5,8-14H2. The zero-order valence-electron chi connectivity index (χ0n) is 12.0. The molecule has 0 atom stereocenters. The molecular weight excluding hydrogens is 250 g/mol. The van der Waals surface area contributed by atoms with Crippen LogP contribution in [0, 0.1) is 0 Å². The van der Waals surface area contributed by atoms with Crippen LogP contribution in [0.4, 0.5) is 0 Å². The maximum absolute atomic E-state index is 13.0. The van der Waals surface area contributed by atoms with Gasteiger partial charge in [-0.25, -0.2) is 0 Å². The van der Waals surface area contributed by atoms with Crippen molar-refractivity contribution in [3.8, 4) is 0 Å². The van der Waals surface area contributed by atoms with Gasteiger partial charge < -0.3 is 4.74 Å². The van der Waals surface area contributed by atoms with Crippen molar-refractivity contribution < 1.29 is 9.53 Å². The molecule has 0 amide bonds. The Hall–Kier alpha value is -1.19. The average Bonchev–Trinajstić information content (AvgIpc) is 3.00. The van der Waals surface area contributed by atoms with Gasteiger partial charge in [0.05, 0.1) is 18.8 Å². The summed E-state index contributed by atoms with van der Waals surface area (Å²) in [6.07, 6.45) is 4.98. The molecule has 0 spiro atoms. The van der Waals surface area contributed by atoms with Crippen LogP contribution in [-0.4, -0.2) is 42.5 Å². The molecule has 1 aromatic carbocycles. The third-order valence-electron chi connectivity index (χ3n) is 4.77. The summed E-state index contributed by atoms with van der Waals surface area (Å²) in [6.45, 7) is 3.34. The number of benzene rings is 1. The minimum atomic E-state index is -0.209. The van der Waals surface area contributed by atoms with E-state index in [1.165, 1.54) is 12.8 Å². The predicted octanol–water partition coefficient (Wildman–Crippen LogP) is 2.44. The second-order valence-electron chi connectivity index (χ2n) is 5.92. The van der Waals surface area contributed by atoms with Gasteiger partial charge in [0.25, 0.3) is 0 Å². The number of Topliss-reactive ketones (excluding diaryl/α,β-unsaturated/α-hetero) is 1. The van der Waals surface area contributed by atoms with E-state index in [4.69, 9.17) is 4.74 Å². The van der Waals surface area contributed by atoms with Gasteiger partial charge in [0.1, 0.15) is 0 Å². The van der Waals surface area contributed by atoms with Gasteiger partial charge in [0.2, 0.25) is 0 Å². The highest BCUT2D eigenvalue weighted by molar-refractivity contribution is 5.90. The lowest BCUT2D eigenvalue weighted by molar-refractivity contribution is -0.133. The Labute approximate surface area is 120 Å². The van der Waals surface area contributed by atoms with Crippen molar-refractivity contribution in [3.05, 3.63) is 35.9 Å².